The number of nitrogens with zero attached hydrogens (tertiary/aromatic N) is 1. The fourth-order valence-electron chi connectivity index (χ4n) is 0.255. The van der Waals surface area contributed by atoms with Crippen LogP contribution in [0.25, 0.3) is 0 Å². The van der Waals surface area contributed by atoms with Crippen LogP contribution in [0.15, 0.2) is 17.3 Å². The second-order valence-electron chi connectivity index (χ2n) is 1.25. The highest BCUT2D eigenvalue weighted by atomic mass is 16.5. The molecule has 0 saturated heterocycles. The molecular formula is C6H9NO2. The molecule has 0 rings (SSSR count). The maximum Gasteiger partial charge on any atom is 0.272 e. The highest BCUT2D eigenvalue weighted by Crippen LogP contribution is 1.78. The normalized spacial score (nSPS) is 9.44. The molecule has 50 valence electrons. The summed E-state index contributed by atoms with van der Waals surface area (Å²) in [5, 5.41) is 0. The van der Waals surface area contributed by atoms with Gasteiger partial charge in [0.25, 0.3) is 5.91 Å². The predicted octanol–water partition coefficient (Wildman–Crippen LogP) is 0.764. The zero-order valence-corrected chi connectivity index (χ0v) is 5.33. The maximum absolute atomic E-state index is 10.3. The molecule has 0 aromatic heterocycles. The minimum Gasteiger partial charge on any atom is -0.501 e. The molecule has 0 radical (unpaired) electrons. The van der Waals surface area contributed by atoms with E-state index in [9.17, 15) is 4.79 Å². The van der Waals surface area contributed by atoms with E-state index in [-0.39, 0.29) is 5.91 Å². The van der Waals surface area contributed by atoms with E-state index < -0.39 is 0 Å². The molecule has 0 bridgehead atoms. The lowest BCUT2D eigenvalue weighted by Gasteiger charge is -1.88. The topological polar surface area (TPSA) is 38.7 Å². The van der Waals surface area contributed by atoms with Gasteiger partial charge in [-0.3, -0.25) is 4.79 Å². The van der Waals surface area contributed by atoms with Gasteiger partial charge in [-0.15, -0.1) is 0 Å². The van der Waals surface area contributed by atoms with Gasteiger partial charge in [0.2, 0.25) is 0 Å². The number of carbonyl (C=O) groups excluding carboxylic acids is 1. The first-order chi connectivity index (χ1) is 4.31. The molecular weight excluding hydrogens is 118 g/mol. The minimum absolute atomic E-state index is 0.386. The van der Waals surface area contributed by atoms with Crippen molar-refractivity contribution >= 4 is 12.6 Å². The van der Waals surface area contributed by atoms with Gasteiger partial charge < -0.3 is 4.74 Å². The van der Waals surface area contributed by atoms with Crippen LogP contribution in [0.2, 0.25) is 0 Å². The first-order valence-corrected chi connectivity index (χ1v) is 2.60. The average Bonchev–Trinajstić information content (AvgIpc) is 1.89. The van der Waals surface area contributed by atoms with Gasteiger partial charge in [0.05, 0.1) is 12.9 Å². The molecule has 0 N–H and O–H groups in total. The zero-order valence-electron chi connectivity index (χ0n) is 5.33. The quantitative estimate of drug-likeness (QED) is 0.319. The van der Waals surface area contributed by atoms with Crippen LogP contribution in [-0.2, 0) is 9.53 Å². The number of rotatable bonds is 3. The Kier molecular flexibility index (Phi) is 4.40. The van der Waals surface area contributed by atoms with Crippen molar-refractivity contribution in [2.75, 3.05) is 6.61 Å². The number of carbonyl (C=O) groups is 1. The van der Waals surface area contributed by atoms with Crippen molar-refractivity contribution in [2.24, 2.45) is 4.99 Å². The van der Waals surface area contributed by atoms with Crippen molar-refractivity contribution in [3.8, 4) is 0 Å². The molecule has 1 amide bonds. The highest BCUT2D eigenvalue weighted by Gasteiger charge is 1.83. The third kappa shape index (κ3) is 4.74. The fraction of sp³-hybridized carbons (Fsp3) is 0.333. The number of ether oxygens (including phenoxy) is 1. The van der Waals surface area contributed by atoms with E-state index >= 15 is 0 Å². The number of aliphatic imine (C=N–C) groups is 1. The second-order valence-corrected chi connectivity index (χ2v) is 1.25. The van der Waals surface area contributed by atoms with Crippen LogP contribution in [0.5, 0.6) is 0 Å². The minimum atomic E-state index is -0.386. The predicted molar refractivity (Wildman–Crippen MR) is 35.3 cm³/mol. The van der Waals surface area contributed by atoms with Crippen molar-refractivity contribution in [2.45, 2.75) is 6.92 Å². The lowest BCUT2D eigenvalue weighted by Crippen LogP contribution is -1.85. The Morgan fingerprint density at radius 3 is 3.00 bits per heavy atom. The van der Waals surface area contributed by atoms with Gasteiger partial charge in [-0.25, -0.2) is 4.99 Å². The van der Waals surface area contributed by atoms with Gasteiger partial charge in [0.1, 0.15) is 0 Å². The molecule has 0 heterocycles. The van der Waals surface area contributed by atoms with Crippen molar-refractivity contribution in [1.29, 1.82) is 0 Å². The molecule has 0 spiro atoms. The van der Waals surface area contributed by atoms with Gasteiger partial charge >= 0.3 is 0 Å². The van der Waals surface area contributed by atoms with Gasteiger partial charge in [0, 0.05) is 6.08 Å². The number of amides is 1. The molecule has 0 atom stereocenters. The summed E-state index contributed by atoms with van der Waals surface area (Å²) < 4.78 is 4.72. The Balaban J connectivity index is 3.44. The first kappa shape index (κ1) is 7.88. The van der Waals surface area contributed by atoms with E-state index in [1.165, 1.54) is 12.3 Å². The first-order valence-electron chi connectivity index (χ1n) is 2.60. The van der Waals surface area contributed by atoms with Crippen molar-refractivity contribution in [3.63, 3.8) is 0 Å². The maximum atomic E-state index is 10.3. The Labute approximate surface area is 54.0 Å². The zero-order chi connectivity index (χ0) is 7.11. The summed E-state index contributed by atoms with van der Waals surface area (Å²) in [6.45, 7) is 5.42. The Hall–Kier alpha value is -1.12. The van der Waals surface area contributed by atoms with E-state index in [1.54, 1.807) is 0 Å². The van der Waals surface area contributed by atoms with Crippen LogP contribution in [0.1, 0.15) is 6.92 Å². The molecule has 0 fully saturated rings. The third-order valence-electron chi connectivity index (χ3n) is 0.629. The fourth-order valence-corrected chi connectivity index (χ4v) is 0.255. The molecule has 0 aliphatic heterocycles. The summed E-state index contributed by atoms with van der Waals surface area (Å²) in [4.78, 5) is 13.4. The molecule has 0 unspecified atom stereocenters. The van der Waals surface area contributed by atoms with Crippen LogP contribution in [0.4, 0.5) is 0 Å². The smallest absolute Gasteiger partial charge is 0.272 e. The van der Waals surface area contributed by atoms with Crippen LogP contribution in [0, 0.1) is 0 Å². The van der Waals surface area contributed by atoms with Crippen molar-refractivity contribution < 1.29 is 9.53 Å². The SMILES string of the molecule is C=NC(=O)/C=C/OCC. The van der Waals surface area contributed by atoms with Gasteiger partial charge in [0.15, 0.2) is 0 Å². The molecule has 0 saturated carbocycles. The molecule has 0 aromatic rings. The molecule has 0 aliphatic carbocycles. The van der Waals surface area contributed by atoms with E-state index in [4.69, 9.17) is 4.74 Å². The van der Waals surface area contributed by atoms with E-state index in [0.717, 1.165) is 0 Å². The summed E-state index contributed by atoms with van der Waals surface area (Å²) in [6, 6.07) is 0. The summed E-state index contributed by atoms with van der Waals surface area (Å²) in [5.41, 5.74) is 0. The largest absolute Gasteiger partial charge is 0.501 e. The monoisotopic (exact) mass is 127 g/mol. The van der Waals surface area contributed by atoms with Crippen LogP contribution >= 0.6 is 0 Å². The van der Waals surface area contributed by atoms with E-state index in [1.807, 2.05) is 6.92 Å². The van der Waals surface area contributed by atoms with E-state index in [0.29, 0.717) is 6.61 Å². The van der Waals surface area contributed by atoms with Crippen LogP contribution in [0.3, 0.4) is 0 Å². The van der Waals surface area contributed by atoms with Gasteiger partial charge in [-0.05, 0) is 13.6 Å². The summed E-state index contributed by atoms with van der Waals surface area (Å²) in [7, 11) is 0. The standard InChI is InChI=1S/C6H9NO2/c1-3-9-5-4-6(8)7-2/h4-5H,2-3H2,1H3/b5-4+. The molecule has 3 nitrogen and oxygen atoms in total. The van der Waals surface area contributed by atoms with Gasteiger partial charge in [-0.1, -0.05) is 0 Å². The molecule has 0 aromatic carbocycles. The van der Waals surface area contributed by atoms with Gasteiger partial charge in [-0.2, -0.15) is 0 Å². The summed E-state index contributed by atoms with van der Waals surface area (Å²) >= 11 is 0. The highest BCUT2D eigenvalue weighted by molar-refractivity contribution is 5.90. The van der Waals surface area contributed by atoms with Crippen LogP contribution in [-0.4, -0.2) is 19.2 Å². The lowest BCUT2D eigenvalue weighted by molar-refractivity contribution is -0.113. The molecule has 3 heteroatoms. The van der Waals surface area contributed by atoms with Crippen LogP contribution < -0.4 is 0 Å². The number of hydrogen-bond donors (Lipinski definition) is 0. The van der Waals surface area contributed by atoms with Crippen molar-refractivity contribution in [1.82, 2.24) is 0 Å². The summed E-state index contributed by atoms with van der Waals surface area (Å²) in [5.74, 6) is -0.386. The third-order valence-corrected chi connectivity index (χ3v) is 0.629. The summed E-state index contributed by atoms with van der Waals surface area (Å²) in [6.07, 6.45) is 2.52. The van der Waals surface area contributed by atoms with Crippen molar-refractivity contribution in [3.05, 3.63) is 12.3 Å². The number of hydrogen-bond acceptors (Lipinski definition) is 2. The van der Waals surface area contributed by atoms with E-state index in [2.05, 4.69) is 11.7 Å². The Bertz CT molecular complexity index is 129. The molecule has 0 aliphatic rings. The Morgan fingerprint density at radius 1 is 1.89 bits per heavy atom. The Morgan fingerprint density at radius 2 is 2.56 bits per heavy atom. The molecule has 9 heavy (non-hydrogen) atoms. The average molecular weight is 127 g/mol. The second kappa shape index (κ2) is 5.03. The lowest BCUT2D eigenvalue weighted by atomic mass is 10.6.